The van der Waals surface area contributed by atoms with Crippen molar-refractivity contribution in [3.8, 4) is 5.75 Å². The largest absolute Gasteiger partial charge is 0.491 e. The molecule has 0 saturated carbocycles. The fraction of sp³-hybridized carbons (Fsp3) is 0.545. The van der Waals surface area contributed by atoms with Gasteiger partial charge in [-0.3, -0.25) is 20.1 Å². The highest BCUT2D eigenvalue weighted by Gasteiger charge is 2.26. The van der Waals surface area contributed by atoms with E-state index in [0.717, 1.165) is 24.8 Å². The molecule has 4 atom stereocenters. The third kappa shape index (κ3) is 10.4. The molecule has 2 rings (SSSR count). The van der Waals surface area contributed by atoms with Crippen LogP contribution < -0.4 is 27.3 Å². The van der Waals surface area contributed by atoms with Crippen molar-refractivity contribution in [2.45, 2.75) is 43.1 Å². The summed E-state index contributed by atoms with van der Waals surface area (Å²) in [6.07, 6.45) is -0.227. The highest BCUT2D eigenvalue weighted by Crippen LogP contribution is 2.14. The second-order valence-corrected chi connectivity index (χ2v) is 8.46. The molecule has 1 aliphatic heterocycles. The van der Waals surface area contributed by atoms with Gasteiger partial charge in [-0.2, -0.15) is 0 Å². The first-order valence-corrected chi connectivity index (χ1v) is 11.8. The van der Waals surface area contributed by atoms with Crippen molar-refractivity contribution in [1.29, 1.82) is 0 Å². The van der Waals surface area contributed by atoms with E-state index in [2.05, 4.69) is 20.3 Å². The van der Waals surface area contributed by atoms with Crippen molar-refractivity contribution in [3.05, 3.63) is 29.8 Å². The maximum absolute atomic E-state index is 12.2. The van der Waals surface area contributed by atoms with Crippen LogP contribution in [0.3, 0.4) is 0 Å². The Bertz CT molecular complexity index is 928. The lowest BCUT2D eigenvalue weighted by Crippen LogP contribution is -2.49. The van der Waals surface area contributed by atoms with Crippen LogP contribution in [0, 0.1) is 0 Å². The van der Waals surface area contributed by atoms with Crippen LogP contribution in [0.4, 0.5) is 0 Å². The Kier molecular flexibility index (Phi) is 12.5. The van der Waals surface area contributed by atoms with Gasteiger partial charge in [0.1, 0.15) is 30.7 Å². The number of aliphatic hydroxyl groups is 3. The number of carbonyl (C=O) groups is 1. The average molecular weight is 528 g/mol. The number of aryl methyl sites for hydroxylation is 1. The molecule has 14 heteroatoms. The minimum atomic E-state index is -0.965. The molecular weight excluding hydrogens is 494 g/mol. The fourth-order valence-electron chi connectivity index (χ4n) is 2.97. The van der Waals surface area contributed by atoms with E-state index in [1.165, 1.54) is 0 Å². The van der Waals surface area contributed by atoms with E-state index in [-0.39, 0.29) is 37.3 Å². The molecule has 0 aliphatic carbocycles. The van der Waals surface area contributed by atoms with Gasteiger partial charge in [-0.15, -0.1) is 0 Å². The number of hydrogen-bond acceptors (Lipinski definition) is 11. The van der Waals surface area contributed by atoms with Gasteiger partial charge in [0.05, 0.1) is 19.8 Å². The maximum atomic E-state index is 12.2. The number of halogens is 1. The van der Waals surface area contributed by atoms with Crippen LogP contribution in [0.5, 0.6) is 5.75 Å². The summed E-state index contributed by atoms with van der Waals surface area (Å²) >= 11 is 5.89. The van der Waals surface area contributed by atoms with Gasteiger partial charge in [-0.05, 0) is 37.0 Å². The predicted molar refractivity (Wildman–Crippen MR) is 136 cm³/mol. The molecule has 36 heavy (non-hydrogen) atoms. The lowest BCUT2D eigenvalue weighted by molar-refractivity contribution is -0.113. The van der Waals surface area contributed by atoms with E-state index in [9.17, 15) is 15.0 Å². The number of amidine groups is 1. The highest BCUT2D eigenvalue weighted by molar-refractivity contribution is 6.67. The summed E-state index contributed by atoms with van der Waals surface area (Å²) < 4.78 is 10.6. The number of benzene rings is 1. The molecule has 200 valence electrons. The summed E-state index contributed by atoms with van der Waals surface area (Å²) in [7, 11) is 0. The first kappa shape index (κ1) is 29.4. The van der Waals surface area contributed by atoms with Gasteiger partial charge < -0.3 is 42.0 Å². The number of rotatable bonds is 14. The van der Waals surface area contributed by atoms with Gasteiger partial charge in [0.15, 0.2) is 23.0 Å². The van der Waals surface area contributed by atoms with Crippen LogP contribution in [-0.2, 0) is 16.0 Å². The summed E-state index contributed by atoms with van der Waals surface area (Å²) in [5, 5.41) is 30.1. The molecule has 0 bridgehead atoms. The van der Waals surface area contributed by atoms with Crippen LogP contribution in [0.25, 0.3) is 0 Å². The number of nitrogens with one attached hydrogen (secondary N) is 1. The number of nitrogens with zero attached hydrogens (tertiary/aromatic N) is 3. The number of amides is 1. The number of unbranched alkanes of at least 4 members (excludes halogenated alkanes) is 1. The van der Waals surface area contributed by atoms with Crippen molar-refractivity contribution in [2.75, 3.05) is 33.0 Å². The van der Waals surface area contributed by atoms with Gasteiger partial charge in [0.25, 0.3) is 5.91 Å². The first-order chi connectivity index (χ1) is 17.2. The second kappa shape index (κ2) is 15.3. The number of aliphatic imine (C=N–C) groups is 3. The molecule has 1 aliphatic rings. The molecule has 0 fully saturated rings. The standard InChI is InChI=1S/C22H34ClN7O6/c23-18-20(25)29-19(24)17(28-18)21(34)30-22(26)27-8-2-1-3-13-4-6-16(7-5-13)36-12-15(33)11-35-10-14(32)9-31/h4-7,14-15,18,20,31-33H,1-3,8-12,25H2,(H2,24,29)(H3,26,27,30,34). The zero-order valence-electron chi connectivity index (χ0n) is 19.8. The van der Waals surface area contributed by atoms with E-state index >= 15 is 0 Å². The topological polar surface area (TPSA) is 223 Å². The normalized spacial score (nSPS) is 19.8. The lowest BCUT2D eigenvalue weighted by atomic mass is 10.1. The number of aliphatic hydroxyl groups excluding tert-OH is 3. The van der Waals surface area contributed by atoms with Crippen LogP contribution in [0.2, 0.25) is 0 Å². The Morgan fingerprint density at radius 3 is 2.53 bits per heavy atom. The van der Waals surface area contributed by atoms with Crippen LogP contribution in [0.15, 0.2) is 39.2 Å². The van der Waals surface area contributed by atoms with E-state index in [4.69, 9.17) is 43.4 Å². The van der Waals surface area contributed by atoms with Crippen molar-refractivity contribution in [3.63, 3.8) is 0 Å². The van der Waals surface area contributed by atoms with Gasteiger partial charge in [0.2, 0.25) is 0 Å². The number of guanidine groups is 1. The quantitative estimate of drug-likeness (QED) is 0.0476. The number of hydrogen-bond donors (Lipinski definition) is 7. The molecule has 1 aromatic carbocycles. The number of ether oxygens (including phenoxy) is 2. The summed E-state index contributed by atoms with van der Waals surface area (Å²) in [5.74, 6) is -0.216. The first-order valence-electron chi connectivity index (χ1n) is 11.4. The zero-order valence-corrected chi connectivity index (χ0v) is 20.5. The molecule has 1 heterocycles. The van der Waals surface area contributed by atoms with Crippen molar-refractivity contribution < 1.29 is 29.6 Å². The minimum absolute atomic E-state index is 0.00846. The van der Waals surface area contributed by atoms with Gasteiger partial charge in [-0.25, -0.2) is 4.99 Å². The second-order valence-electron chi connectivity index (χ2n) is 8.02. The van der Waals surface area contributed by atoms with E-state index < -0.39 is 36.4 Å². The Labute approximate surface area is 214 Å². The monoisotopic (exact) mass is 527 g/mol. The van der Waals surface area contributed by atoms with Gasteiger partial charge in [-0.1, -0.05) is 23.7 Å². The molecule has 4 unspecified atom stereocenters. The molecule has 0 radical (unpaired) electrons. The number of carbonyl (C=O) groups excluding carboxylic acids is 1. The van der Waals surface area contributed by atoms with Crippen LogP contribution >= 0.6 is 11.6 Å². The minimum Gasteiger partial charge on any atom is -0.491 e. The van der Waals surface area contributed by atoms with E-state index in [0.29, 0.717) is 12.3 Å². The van der Waals surface area contributed by atoms with Gasteiger partial charge in [0, 0.05) is 6.54 Å². The molecule has 1 amide bonds. The van der Waals surface area contributed by atoms with Gasteiger partial charge >= 0.3 is 0 Å². The molecule has 0 saturated heterocycles. The maximum Gasteiger partial charge on any atom is 0.279 e. The Morgan fingerprint density at radius 2 is 1.83 bits per heavy atom. The summed E-state index contributed by atoms with van der Waals surface area (Å²) in [6, 6.07) is 7.48. The summed E-state index contributed by atoms with van der Waals surface area (Å²) in [4.78, 5) is 24.1. The van der Waals surface area contributed by atoms with Crippen LogP contribution in [-0.4, -0.2) is 95.6 Å². The molecule has 1 aromatic rings. The lowest BCUT2D eigenvalue weighted by Gasteiger charge is -2.18. The molecule has 0 aromatic heterocycles. The highest BCUT2D eigenvalue weighted by atomic mass is 35.5. The predicted octanol–water partition coefficient (Wildman–Crippen LogP) is -1.79. The van der Waals surface area contributed by atoms with Crippen molar-refractivity contribution in [2.24, 2.45) is 32.2 Å². The fourth-order valence-corrected chi connectivity index (χ4v) is 3.12. The molecule has 10 N–H and O–H groups in total. The summed E-state index contributed by atoms with van der Waals surface area (Å²) in [6.45, 7) is -0.00310. The van der Waals surface area contributed by atoms with Crippen molar-refractivity contribution in [1.82, 2.24) is 5.32 Å². The Morgan fingerprint density at radius 1 is 1.14 bits per heavy atom. The van der Waals surface area contributed by atoms with Crippen LogP contribution in [0.1, 0.15) is 18.4 Å². The Balaban J connectivity index is 1.64. The van der Waals surface area contributed by atoms with Crippen molar-refractivity contribution >= 4 is 35.0 Å². The smallest absolute Gasteiger partial charge is 0.279 e. The van der Waals surface area contributed by atoms with E-state index in [1.807, 2.05) is 24.3 Å². The molecule has 0 spiro atoms. The zero-order chi connectivity index (χ0) is 26.5. The SMILES string of the molecule is NC(=NCCCCc1ccc(OCC(O)COCC(O)CO)cc1)NC(=O)C1=NC(Cl)C(N)N=C1N. The number of alkyl halides is 1. The number of nitrogens with two attached hydrogens (primary N) is 3. The Hall–Kier alpha value is -2.81. The summed E-state index contributed by atoms with van der Waals surface area (Å²) in [5.41, 5.74) is 17.1. The third-order valence-electron chi connectivity index (χ3n) is 4.87. The molecule has 13 nitrogen and oxygen atoms in total. The average Bonchev–Trinajstić information content (AvgIpc) is 2.85. The third-order valence-corrected chi connectivity index (χ3v) is 5.23. The van der Waals surface area contributed by atoms with E-state index in [1.54, 1.807) is 0 Å². The molecular formula is C22H34ClN7O6.